The molecule has 19 heavy (non-hydrogen) atoms. The molecule has 1 aromatic heterocycles. The maximum atomic E-state index is 12.5. The molecule has 0 radical (unpaired) electrons. The van der Waals surface area contributed by atoms with Crippen molar-refractivity contribution in [2.45, 2.75) is 19.4 Å². The minimum absolute atomic E-state index is 0.0859. The Balaban J connectivity index is 2.20. The topological polar surface area (TPSA) is 38.1 Å². The van der Waals surface area contributed by atoms with Crippen LogP contribution >= 0.6 is 15.9 Å². The molecule has 0 N–H and O–H groups in total. The largest absolute Gasteiger partial charge is 0.305 e. The molecule has 1 aliphatic rings. The number of halogens is 1. The zero-order chi connectivity index (χ0) is 13.4. The van der Waals surface area contributed by atoms with E-state index in [1.165, 1.54) is 0 Å². The Labute approximate surface area is 120 Å². The fraction of sp³-hybridized carbons (Fsp3) is 0.429. The number of hydrogen-bond donors (Lipinski definition) is 0. The van der Waals surface area contributed by atoms with E-state index in [4.69, 9.17) is 0 Å². The lowest BCUT2D eigenvalue weighted by Gasteiger charge is -2.22. The van der Waals surface area contributed by atoms with Crippen LogP contribution in [0.5, 0.6) is 0 Å². The summed E-state index contributed by atoms with van der Waals surface area (Å²) in [5.41, 5.74) is 0.877. The maximum Gasteiger partial charge on any atom is 0.261 e. The lowest BCUT2D eigenvalue weighted by molar-refractivity contribution is 0.295. The van der Waals surface area contributed by atoms with E-state index >= 15 is 0 Å². The summed E-state index contributed by atoms with van der Waals surface area (Å²) in [5, 5.41) is 0.704. The smallest absolute Gasteiger partial charge is 0.261 e. The van der Waals surface area contributed by atoms with Crippen LogP contribution in [0.1, 0.15) is 12.2 Å². The van der Waals surface area contributed by atoms with E-state index < -0.39 is 0 Å². The third kappa shape index (κ3) is 2.44. The highest BCUT2D eigenvalue weighted by atomic mass is 79.9. The van der Waals surface area contributed by atoms with E-state index in [-0.39, 0.29) is 5.56 Å². The van der Waals surface area contributed by atoms with Crippen molar-refractivity contribution in [1.29, 1.82) is 0 Å². The van der Waals surface area contributed by atoms with Crippen LogP contribution < -0.4 is 5.56 Å². The molecule has 0 unspecified atom stereocenters. The second-order valence-electron chi connectivity index (χ2n) is 5.05. The predicted octanol–water partition coefficient (Wildman–Crippen LogP) is 2.04. The summed E-state index contributed by atoms with van der Waals surface area (Å²) in [4.78, 5) is 19.5. The van der Waals surface area contributed by atoms with Gasteiger partial charge in [-0.3, -0.25) is 9.36 Å². The molecule has 0 spiro atoms. The fourth-order valence-corrected chi connectivity index (χ4v) is 2.90. The van der Waals surface area contributed by atoms with E-state index in [1.807, 2.05) is 22.8 Å². The maximum absolute atomic E-state index is 12.5. The summed E-state index contributed by atoms with van der Waals surface area (Å²) in [7, 11) is 2.10. The Hall–Kier alpha value is -1.20. The Bertz CT molecular complexity index is 680. The number of nitrogens with zero attached hydrogens (tertiary/aromatic N) is 3. The normalized spacial score (nSPS) is 16.9. The molecule has 0 atom stereocenters. The SMILES string of the molecule is CN1CCCc2nc3cc(Br)ccc3c(=O)n2CC1. The van der Waals surface area contributed by atoms with Crippen LogP contribution in [0.25, 0.3) is 10.9 Å². The fourth-order valence-electron chi connectivity index (χ4n) is 2.55. The predicted molar refractivity (Wildman–Crippen MR) is 79.5 cm³/mol. The van der Waals surface area contributed by atoms with E-state index in [1.54, 1.807) is 0 Å². The van der Waals surface area contributed by atoms with Crippen molar-refractivity contribution in [3.63, 3.8) is 0 Å². The molecular formula is C14H16BrN3O. The van der Waals surface area contributed by atoms with Crippen LogP contribution in [0.4, 0.5) is 0 Å². The first kappa shape index (κ1) is 12.8. The third-order valence-corrected chi connectivity index (χ3v) is 4.14. The first-order chi connectivity index (χ1) is 9.15. The molecule has 0 bridgehead atoms. The number of aryl methyl sites for hydroxylation is 1. The lowest BCUT2D eigenvalue weighted by atomic mass is 10.2. The molecule has 0 aliphatic carbocycles. The minimum atomic E-state index is 0.0859. The van der Waals surface area contributed by atoms with Gasteiger partial charge in [-0.25, -0.2) is 4.98 Å². The van der Waals surface area contributed by atoms with Gasteiger partial charge in [0.1, 0.15) is 5.82 Å². The molecule has 2 aromatic rings. The average molecular weight is 322 g/mol. The number of hydrogen-bond acceptors (Lipinski definition) is 3. The van der Waals surface area contributed by atoms with Crippen LogP contribution in [0.2, 0.25) is 0 Å². The summed E-state index contributed by atoms with van der Waals surface area (Å²) < 4.78 is 2.80. The zero-order valence-electron chi connectivity index (χ0n) is 10.9. The zero-order valence-corrected chi connectivity index (χ0v) is 12.5. The molecule has 0 saturated heterocycles. The van der Waals surface area contributed by atoms with Crippen molar-refractivity contribution in [2.24, 2.45) is 0 Å². The molecule has 2 heterocycles. The van der Waals surface area contributed by atoms with Gasteiger partial charge in [-0.2, -0.15) is 0 Å². The third-order valence-electron chi connectivity index (χ3n) is 3.64. The Morgan fingerprint density at radius 1 is 1.26 bits per heavy atom. The molecule has 0 fully saturated rings. The molecule has 5 heteroatoms. The van der Waals surface area contributed by atoms with Crippen LogP contribution in [-0.2, 0) is 13.0 Å². The molecule has 1 aliphatic heterocycles. The quantitative estimate of drug-likeness (QED) is 0.745. The minimum Gasteiger partial charge on any atom is -0.305 e. The van der Waals surface area contributed by atoms with Crippen molar-refractivity contribution < 1.29 is 0 Å². The Morgan fingerprint density at radius 2 is 2.11 bits per heavy atom. The number of benzene rings is 1. The molecular weight excluding hydrogens is 306 g/mol. The van der Waals surface area contributed by atoms with Gasteiger partial charge in [0.15, 0.2) is 0 Å². The van der Waals surface area contributed by atoms with Crippen LogP contribution in [0, 0.1) is 0 Å². The summed E-state index contributed by atoms with van der Waals surface area (Å²) >= 11 is 3.43. The summed E-state index contributed by atoms with van der Waals surface area (Å²) in [5.74, 6) is 0.920. The van der Waals surface area contributed by atoms with E-state index in [2.05, 4.69) is 32.9 Å². The number of likely N-dealkylation sites (N-methyl/N-ethyl adjacent to an activating group) is 1. The van der Waals surface area contributed by atoms with Gasteiger partial charge < -0.3 is 4.90 Å². The molecule has 3 rings (SSSR count). The van der Waals surface area contributed by atoms with Gasteiger partial charge in [-0.15, -0.1) is 0 Å². The van der Waals surface area contributed by atoms with Crippen LogP contribution in [0.15, 0.2) is 27.5 Å². The van der Waals surface area contributed by atoms with E-state index in [0.717, 1.165) is 48.3 Å². The van der Waals surface area contributed by atoms with Crippen molar-refractivity contribution >= 4 is 26.8 Å². The Morgan fingerprint density at radius 3 is 2.95 bits per heavy atom. The second-order valence-corrected chi connectivity index (χ2v) is 5.97. The van der Waals surface area contributed by atoms with Gasteiger partial charge in [0.05, 0.1) is 10.9 Å². The average Bonchev–Trinajstić information content (AvgIpc) is 2.35. The number of fused-ring (bicyclic) bond motifs is 2. The van der Waals surface area contributed by atoms with Gasteiger partial charge >= 0.3 is 0 Å². The van der Waals surface area contributed by atoms with Crippen molar-refractivity contribution in [1.82, 2.24) is 14.5 Å². The summed E-state index contributed by atoms with van der Waals surface area (Å²) in [6, 6.07) is 5.67. The van der Waals surface area contributed by atoms with Crippen molar-refractivity contribution in [2.75, 3.05) is 20.1 Å². The lowest BCUT2D eigenvalue weighted by Crippen LogP contribution is -2.34. The Kier molecular flexibility index (Phi) is 3.41. The molecule has 100 valence electrons. The standard InChI is InChI=1S/C14H16BrN3O/c1-17-6-2-3-13-16-12-9-10(15)4-5-11(12)14(19)18(13)8-7-17/h4-5,9H,2-3,6-8H2,1H3. The molecule has 0 amide bonds. The van der Waals surface area contributed by atoms with Gasteiger partial charge in [0.25, 0.3) is 5.56 Å². The molecule has 0 saturated carbocycles. The highest BCUT2D eigenvalue weighted by Gasteiger charge is 2.14. The van der Waals surface area contributed by atoms with Crippen molar-refractivity contribution in [3.8, 4) is 0 Å². The summed E-state index contributed by atoms with van der Waals surface area (Å²) in [6.45, 7) is 2.69. The van der Waals surface area contributed by atoms with Gasteiger partial charge in [-0.1, -0.05) is 15.9 Å². The second kappa shape index (κ2) is 5.06. The highest BCUT2D eigenvalue weighted by Crippen LogP contribution is 2.17. The van der Waals surface area contributed by atoms with Crippen LogP contribution in [-0.4, -0.2) is 34.6 Å². The van der Waals surface area contributed by atoms with Gasteiger partial charge in [0, 0.05) is 24.0 Å². The molecule has 1 aromatic carbocycles. The monoisotopic (exact) mass is 321 g/mol. The highest BCUT2D eigenvalue weighted by molar-refractivity contribution is 9.10. The summed E-state index contributed by atoms with van der Waals surface area (Å²) in [6.07, 6.45) is 1.91. The van der Waals surface area contributed by atoms with Gasteiger partial charge in [-0.05, 0) is 38.2 Å². The number of aromatic nitrogens is 2. The first-order valence-corrected chi connectivity index (χ1v) is 7.32. The molecule has 4 nitrogen and oxygen atoms in total. The van der Waals surface area contributed by atoms with Crippen molar-refractivity contribution in [3.05, 3.63) is 38.9 Å². The van der Waals surface area contributed by atoms with Gasteiger partial charge in [0.2, 0.25) is 0 Å². The van der Waals surface area contributed by atoms with E-state index in [0.29, 0.717) is 5.39 Å². The first-order valence-electron chi connectivity index (χ1n) is 6.53. The van der Waals surface area contributed by atoms with E-state index in [9.17, 15) is 4.79 Å². The number of rotatable bonds is 0. The van der Waals surface area contributed by atoms with Crippen LogP contribution in [0.3, 0.4) is 0 Å².